The average molecular weight is 258 g/mol. The van der Waals surface area contributed by atoms with Crippen LogP contribution in [0, 0.1) is 5.92 Å². The second-order valence-electron chi connectivity index (χ2n) is 4.43. The van der Waals surface area contributed by atoms with E-state index in [0.29, 0.717) is 17.8 Å². The van der Waals surface area contributed by atoms with Crippen LogP contribution < -0.4 is 10.2 Å². The molecule has 1 aromatic rings. The van der Waals surface area contributed by atoms with Crippen LogP contribution in [-0.2, 0) is 0 Å². The van der Waals surface area contributed by atoms with Crippen LogP contribution in [0.1, 0.15) is 27.2 Å². The Labute approximate surface area is 108 Å². The Bertz CT molecular complexity index is 356. The molecule has 0 aromatic carbocycles. The molecule has 0 radical (unpaired) electrons. The highest BCUT2D eigenvalue weighted by atomic mass is 35.5. The van der Waals surface area contributed by atoms with Gasteiger partial charge in [-0.15, -0.1) is 0 Å². The molecule has 1 rings (SSSR count). The smallest absolute Gasteiger partial charge is 0.231 e. The Morgan fingerprint density at radius 2 is 2.00 bits per heavy atom. The number of anilines is 2. The summed E-state index contributed by atoms with van der Waals surface area (Å²) in [6.07, 6.45) is 1.01. The van der Waals surface area contributed by atoms with Gasteiger partial charge in [0.25, 0.3) is 0 Å². The third-order valence-corrected chi connectivity index (χ3v) is 2.28. The molecule has 0 saturated carbocycles. The van der Waals surface area contributed by atoms with Crippen molar-refractivity contribution in [1.82, 2.24) is 15.0 Å². The van der Waals surface area contributed by atoms with Crippen LogP contribution in [0.15, 0.2) is 0 Å². The minimum atomic E-state index is 0.226. The second kappa shape index (κ2) is 6.59. The van der Waals surface area contributed by atoms with Crippen molar-refractivity contribution in [2.24, 2.45) is 5.92 Å². The van der Waals surface area contributed by atoms with Gasteiger partial charge < -0.3 is 10.2 Å². The maximum Gasteiger partial charge on any atom is 0.231 e. The van der Waals surface area contributed by atoms with Crippen molar-refractivity contribution in [3.05, 3.63) is 5.28 Å². The minimum absolute atomic E-state index is 0.226. The number of rotatable bonds is 6. The fourth-order valence-electron chi connectivity index (χ4n) is 1.46. The minimum Gasteiger partial charge on any atom is -0.354 e. The van der Waals surface area contributed by atoms with Crippen molar-refractivity contribution >= 4 is 23.5 Å². The molecule has 96 valence electrons. The van der Waals surface area contributed by atoms with Crippen molar-refractivity contribution in [2.75, 3.05) is 30.4 Å². The molecule has 1 aromatic heterocycles. The van der Waals surface area contributed by atoms with E-state index in [9.17, 15) is 0 Å². The van der Waals surface area contributed by atoms with Gasteiger partial charge >= 0.3 is 0 Å². The van der Waals surface area contributed by atoms with E-state index in [-0.39, 0.29) is 5.28 Å². The summed E-state index contributed by atoms with van der Waals surface area (Å²) in [5.74, 6) is 1.69. The van der Waals surface area contributed by atoms with Gasteiger partial charge in [0.15, 0.2) is 0 Å². The van der Waals surface area contributed by atoms with Gasteiger partial charge in [-0.3, -0.25) is 0 Å². The van der Waals surface area contributed by atoms with Crippen LogP contribution in [0.25, 0.3) is 0 Å². The molecule has 0 spiro atoms. The van der Waals surface area contributed by atoms with Gasteiger partial charge in [-0.05, 0) is 23.9 Å². The molecule has 0 unspecified atom stereocenters. The molecule has 1 heterocycles. The highest BCUT2D eigenvalue weighted by Gasteiger charge is 2.10. The Hall–Kier alpha value is -1.10. The average Bonchev–Trinajstić information content (AvgIpc) is 2.24. The predicted molar refractivity (Wildman–Crippen MR) is 71.7 cm³/mol. The standard InChI is InChI=1S/C11H20ClN5/c1-5-6-13-10-14-9(12)15-11(16-10)17(4)7-8(2)3/h8H,5-7H2,1-4H3,(H,13,14,15,16). The molecule has 0 saturated heterocycles. The number of aromatic nitrogens is 3. The van der Waals surface area contributed by atoms with E-state index in [4.69, 9.17) is 11.6 Å². The molecule has 6 heteroatoms. The first-order valence-corrected chi connectivity index (χ1v) is 6.27. The van der Waals surface area contributed by atoms with Gasteiger partial charge in [-0.25, -0.2) is 0 Å². The fourth-order valence-corrected chi connectivity index (χ4v) is 1.61. The van der Waals surface area contributed by atoms with Gasteiger partial charge in [0.2, 0.25) is 17.2 Å². The molecule has 1 N–H and O–H groups in total. The SMILES string of the molecule is CCCNc1nc(Cl)nc(N(C)CC(C)C)n1. The maximum absolute atomic E-state index is 5.88. The molecule has 5 nitrogen and oxygen atoms in total. The van der Waals surface area contributed by atoms with Crippen molar-refractivity contribution in [1.29, 1.82) is 0 Å². The molecule has 0 aliphatic heterocycles. The molecule has 0 atom stereocenters. The molecule has 17 heavy (non-hydrogen) atoms. The highest BCUT2D eigenvalue weighted by molar-refractivity contribution is 6.28. The number of nitrogens with zero attached hydrogens (tertiary/aromatic N) is 4. The number of hydrogen-bond donors (Lipinski definition) is 1. The summed E-state index contributed by atoms with van der Waals surface area (Å²) in [6.45, 7) is 8.09. The lowest BCUT2D eigenvalue weighted by Gasteiger charge is -2.19. The van der Waals surface area contributed by atoms with E-state index in [2.05, 4.69) is 41.0 Å². The number of nitrogens with one attached hydrogen (secondary N) is 1. The predicted octanol–water partition coefficient (Wildman–Crippen LogP) is 2.44. The normalized spacial score (nSPS) is 10.7. The summed E-state index contributed by atoms with van der Waals surface area (Å²) in [5.41, 5.74) is 0. The number of halogens is 1. The quantitative estimate of drug-likeness (QED) is 0.848. The van der Waals surface area contributed by atoms with Gasteiger partial charge in [-0.2, -0.15) is 15.0 Å². The summed E-state index contributed by atoms with van der Waals surface area (Å²) in [5, 5.41) is 3.34. The first kappa shape index (κ1) is 14.0. The first-order chi connectivity index (χ1) is 8.02. The third kappa shape index (κ3) is 4.73. The molecule has 0 fully saturated rings. The lowest BCUT2D eigenvalue weighted by Crippen LogP contribution is -2.25. The Morgan fingerprint density at radius 3 is 2.59 bits per heavy atom. The van der Waals surface area contributed by atoms with Crippen LogP contribution in [0.5, 0.6) is 0 Å². The lowest BCUT2D eigenvalue weighted by molar-refractivity contribution is 0.629. The van der Waals surface area contributed by atoms with Crippen molar-refractivity contribution in [3.63, 3.8) is 0 Å². The Morgan fingerprint density at radius 1 is 1.29 bits per heavy atom. The Balaban J connectivity index is 2.80. The van der Waals surface area contributed by atoms with Crippen molar-refractivity contribution in [2.45, 2.75) is 27.2 Å². The van der Waals surface area contributed by atoms with Crippen molar-refractivity contribution in [3.8, 4) is 0 Å². The molecule has 0 bridgehead atoms. The Kier molecular flexibility index (Phi) is 5.41. The van der Waals surface area contributed by atoms with Gasteiger partial charge in [0, 0.05) is 20.1 Å². The summed E-state index contributed by atoms with van der Waals surface area (Å²) >= 11 is 5.88. The largest absolute Gasteiger partial charge is 0.354 e. The van der Waals surface area contributed by atoms with E-state index < -0.39 is 0 Å². The van der Waals surface area contributed by atoms with Crippen LogP contribution >= 0.6 is 11.6 Å². The topological polar surface area (TPSA) is 53.9 Å². The summed E-state index contributed by atoms with van der Waals surface area (Å²) in [4.78, 5) is 14.5. The fraction of sp³-hybridized carbons (Fsp3) is 0.727. The summed E-state index contributed by atoms with van der Waals surface area (Å²) < 4.78 is 0. The maximum atomic E-state index is 5.88. The summed E-state index contributed by atoms with van der Waals surface area (Å²) in [7, 11) is 1.95. The first-order valence-electron chi connectivity index (χ1n) is 5.89. The molecular weight excluding hydrogens is 238 g/mol. The van der Waals surface area contributed by atoms with Gasteiger partial charge in [-0.1, -0.05) is 20.8 Å². The molecule has 0 amide bonds. The van der Waals surface area contributed by atoms with Crippen molar-refractivity contribution < 1.29 is 0 Å². The molecular formula is C11H20ClN5. The third-order valence-electron chi connectivity index (χ3n) is 2.11. The molecule has 0 aliphatic carbocycles. The van der Waals surface area contributed by atoms with Crippen LogP contribution in [0.4, 0.5) is 11.9 Å². The highest BCUT2D eigenvalue weighted by Crippen LogP contribution is 2.13. The monoisotopic (exact) mass is 257 g/mol. The van der Waals surface area contributed by atoms with E-state index in [1.807, 2.05) is 11.9 Å². The van der Waals surface area contributed by atoms with E-state index in [0.717, 1.165) is 19.5 Å². The van der Waals surface area contributed by atoms with Crippen LogP contribution in [0.3, 0.4) is 0 Å². The number of hydrogen-bond acceptors (Lipinski definition) is 5. The van der Waals surface area contributed by atoms with Gasteiger partial charge in [0.05, 0.1) is 0 Å². The van der Waals surface area contributed by atoms with Crippen LogP contribution in [-0.4, -0.2) is 35.1 Å². The zero-order chi connectivity index (χ0) is 12.8. The van der Waals surface area contributed by atoms with Gasteiger partial charge in [0.1, 0.15) is 0 Å². The second-order valence-corrected chi connectivity index (χ2v) is 4.77. The summed E-state index contributed by atoms with van der Waals surface area (Å²) in [6, 6.07) is 0. The zero-order valence-electron chi connectivity index (χ0n) is 10.9. The lowest BCUT2D eigenvalue weighted by atomic mass is 10.2. The van der Waals surface area contributed by atoms with E-state index >= 15 is 0 Å². The molecule has 0 aliphatic rings. The van der Waals surface area contributed by atoms with E-state index in [1.165, 1.54) is 0 Å². The van der Waals surface area contributed by atoms with Crippen LogP contribution in [0.2, 0.25) is 5.28 Å². The zero-order valence-corrected chi connectivity index (χ0v) is 11.6. The van der Waals surface area contributed by atoms with E-state index in [1.54, 1.807) is 0 Å².